The zero-order valence-electron chi connectivity index (χ0n) is 47.3. The Balaban J connectivity index is 1.15. The minimum Gasteiger partial charge on any atom is -0.458 e. The van der Waals surface area contributed by atoms with Crippen LogP contribution in [0.2, 0.25) is 0 Å². The van der Waals surface area contributed by atoms with E-state index in [1.54, 1.807) is 69.8 Å². The lowest BCUT2D eigenvalue weighted by Gasteiger charge is -2.41. The summed E-state index contributed by atoms with van der Waals surface area (Å²) in [7, 11) is 6.25. The van der Waals surface area contributed by atoms with Gasteiger partial charge in [0.15, 0.2) is 0 Å². The van der Waals surface area contributed by atoms with Gasteiger partial charge in [0.2, 0.25) is 23.6 Å². The van der Waals surface area contributed by atoms with Gasteiger partial charge < -0.3 is 39.4 Å². The molecule has 15 nitrogen and oxygen atoms in total. The molecule has 5 amide bonds. The zero-order chi connectivity index (χ0) is 56.0. The lowest BCUT2D eigenvalue weighted by atomic mass is 9.89. The molecule has 16 heteroatoms. The van der Waals surface area contributed by atoms with Crippen LogP contribution in [0.5, 0.6) is 0 Å². The van der Waals surface area contributed by atoms with Crippen LogP contribution >= 0.6 is 0 Å². The highest BCUT2D eigenvalue weighted by Crippen LogP contribution is 2.56. The molecule has 3 aromatic rings. The Morgan fingerprint density at radius 1 is 0.789 bits per heavy atom. The summed E-state index contributed by atoms with van der Waals surface area (Å²) in [6, 6.07) is 17.9. The van der Waals surface area contributed by atoms with E-state index in [4.69, 9.17) is 18.9 Å². The molecule has 1 unspecified atom stereocenters. The molecule has 1 saturated heterocycles. The van der Waals surface area contributed by atoms with Crippen LogP contribution in [0, 0.1) is 34.9 Å². The molecule has 1 aliphatic heterocycles. The van der Waals surface area contributed by atoms with Crippen LogP contribution in [0.4, 0.5) is 9.18 Å². The maximum Gasteiger partial charge on any atom is 0.410 e. The van der Waals surface area contributed by atoms with Gasteiger partial charge in [-0.2, -0.15) is 0 Å². The van der Waals surface area contributed by atoms with Crippen molar-refractivity contribution in [2.24, 2.45) is 29.1 Å². The summed E-state index contributed by atoms with van der Waals surface area (Å²) < 4.78 is 38.8. The summed E-state index contributed by atoms with van der Waals surface area (Å²) >= 11 is 0. The van der Waals surface area contributed by atoms with Gasteiger partial charge in [0.05, 0.1) is 36.6 Å². The lowest BCUT2D eigenvalue weighted by molar-refractivity contribution is -0.159. The van der Waals surface area contributed by atoms with Crippen LogP contribution in [0.3, 0.4) is 0 Å². The first-order valence-electron chi connectivity index (χ1n) is 27.1. The highest BCUT2D eigenvalue weighted by atomic mass is 19.1. The fourth-order valence-corrected chi connectivity index (χ4v) is 11.5. The summed E-state index contributed by atoms with van der Waals surface area (Å²) in [6.07, 6.45) is 0.648. The minimum atomic E-state index is -1.20. The molecule has 0 radical (unpaired) electrons. The Hall–Kier alpha value is -5.87. The van der Waals surface area contributed by atoms with Crippen LogP contribution in [0.25, 0.3) is 11.1 Å². The predicted octanol–water partition coefficient (Wildman–Crippen LogP) is 8.55. The van der Waals surface area contributed by atoms with E-state index in [0.29, 0.717) is 19.4 Å². The molecule has 1 heterocycles. The first-order valence-corrected chi connectivity index (χ1v) is 27.1. The van der Waals surface area contributed by atoms with E-state index in [-0.39, 0.29) is 65.9 Å². The highest BCUT2D eigenvalue weighted by molar-refractivity contribution is 5.92. The smallest absolute Gasteiger partial charge is 0.410 e. The molecule has 3 aromatic carbocycles. The number of ether oxygens (including phenoxy) is 4. The number of fused-ring (bicyclic) bond motifs is 3. The van der Waals surface area contributed by atoms with E-state index in [9.17, 15) is 33.2 Å². The molecule has 1 saturated carbocycles. The Morgan fingerprint density at radius 3 is 1.91 bits per heavy atom. The van der Waals surface area contributed by atoms with Gasteiger partial charge in [0.25, 0.3) is 0 Å². The molecule has 6 rings (SSSR count). The van der Waals surface area contributed by atoms with Crippen LogP contribution in [-0.2, 0) is 49.3 Å². The molecule has 1 spiro atoms. The van der Waals surface area contributed by atoms with Gasteiger partial charge >= 0.3 is 12.1 Å². The number of benzene rings is 3. The number of nitrogens with zero attached hydrogens (tertiary/aromatic N) is 3. The molecule has 9 atom stereocenters. The van der Waals surface area contributed by atoms with Crippen molar-refractivity contribution in [3.05, 3.63) is 95.3 Å². The number of hydrogen-bond acceptors (Lipinski definition) is 10. The highest BCUT2D eigenvalue weighted by Gasteiger charge is 2.56. The van der Waals surface area contributed by atoms with E-state index in [1.165, 1.54) is 25.2 Å². The van der Waals surface area contributed by atoms with E-state index in [2.05, 4.69) is 22.8 Å². The summed E-state index contributed by atoms with van der Waals surface area (Å²) in [5.74, 6) is -4.69. The number of likely N-dealkylation sites (tertiary alicyclic amines) is 1. The van der Waals surface area contributed by atoms with Gasteiger partial charge in [-0.15, -0.1) is 0 Å². The largest absolute Gasteiger partial charge is 0.458 e. The average molecular weight is 1050 g/mol. The number of hydrogen-bond donors (Lipinski definition) is 2. The third-order valence-corrected chi connectivity index (χ3v) is 16.0. The quantitative estimate of drug-likeness (QED) is 0.0877. The molecule has 3 aliphatic rings. The fourth-order valence-electron chi connectivity index (χ4n) is 11.5. The van der Waals surface area contributed by atoms with Crippen LogP contribution in [0.1, 0.15) is 124 Å². The van der Waals surface area contributed by atoms with Crippen LogP contribution < -0.4 is 10.6 Å². The van der Waals surface area contributed by atoms with Crippen molar-refractivity contribution in [1.29, 1.82) is 0 Å². The monoisotopic (exact) mass is 1050 g/mol. The minimum absolute atomic E-state index is 0.0850. The fraction of sp³-hybridized carbons (Fsp3) is 0.600. The molecular weight excluding hydrogens is 970 g/mol. The Bertz CT molecular complexity index is 2500. The first kappa shape index (κ1) is 59.4. The van der Waals surface area contributed by atoms with Gasteiger partial charge in [0.1, 0.15) is 36.2 Å². The lowest BCUT2D eigenvalue weighted by Crippen LogP contribution is -2.60. The predicted molar refractivity (Wildman–Crippen MR) is 289 cm³/mol. The van der Waals surface area contributed by atoms with Gasteiger partial charge in [-0.05, 0) is 97.1 Å². The molecule has 416 valence electrons. The summed E-state index contributed by atoms with van der Waals surface area (Å²) in [5, 5.41) is 5.84. The van der Waals surface area contributed by atoms with Crippen LogP contribution in [-0.4, -0.2) is 140 Å². The number of halogens is 1. The number of carbonyl (C=O) groups is 6. The molecule has 76 heavy (non-hydrogen) atoms. The Kier molecular flexibility index (Phi) is 19.6. The number of nitrogens with one attached hydrogen (secondary N) is 2. The van der Waals surface area contributed by atoms with Gasteiger partial charge in [-0.1, -0.05) is 122 Å². The number of amides is 5. The third-order valence-electron chi connectivity index (χ3n) is 16.0. The number of likely N-dealkylation sites (N-methyl/N-ethyl adjacent to an activating group) is 2. The maximum atomic E-state index is 14.9. The molecule has 0 bridgehead atoms. The topological polar surface area (TPSA) is 173 Å². The van der Waals surface area contributed by atoms with Crippen molar-refractivity contribution in [2.75, 3.05) is 41.5 Å². The second kappa shape index (κ2) is 25.1. The van der Waals surface area contributed by atoms with E-state index in [1.807, 2.05) is 77.9 Å². The number of esters is 1. The number of rotatable bonds is 23. The second-order valence-electron chi connectivity index (χ2n) is 23.3. The van der Waals surface area contributed by atoms with Crippen molar-refractivity contribution in [3.63, 3.8) is 0 Å². The standard InChI is InChI=1S/C60H84FN5O10/c1-15-37(6)52(64(11)56(70)50(35(2)3)63-55(69)51(36(4)5)65(12)58(72)75-33-44-42-25-19-17-23-40(42)41-24-18-20-26-43(41)44)48(73-13)31-49(67)66-34-60(28-29-60)32-47(66)53(74-14)38(7)54(68)62-46(57(71)76-59(8,9)10)30-39-22-16-21-27-45(39)61/h16-27,35-38,44,46-48,50-53H,15,28-34H2,1-14H3,(H,62,68)(H,63,69)/t37-,38+,46?,47-,48+,50-,51-,52-,53+/m0/s1. The van der Waals surface area contributed by atoms with Crippen molar-refractivity contribution >= 4 is 35.7 Å². The van der Waals surface area contributed by atoms with Crippen molar-refractivity contribution in [1.82, 2.24) is 25.3 Å². The van der Waals surface area contributed by atoms with Gasteiger partial charge in [-0.3, -0.25) is 24.1 Å². The third kappa shape index (κ3) is 13.6. The van der Waals surface area contributed by atoms with Gasteiger partial charge in [-0.25, -0.2) is 14.0 Å². The summed E-state index contributed by atoms with van der Waals surface area (Å²) in [4.78, 5) is 90.4. The molecule has 2 N–H and O–H groups in total. The van der Waals surface area contributed by atoms with Crippen molar-refractivity contribution in [2.45, 2.75) is 162 Å². The summed E-state index contributed by atoms with van der Waals surface area (Å²) in [5.41, 5.74) is 3.60. The first-order chi connectivity index (χ1) is 35.9. The number of carbonyl (C=O) groups excluding carboxylic acids is 6. The normalized spacial score (nSPS) is 18.9. The van der Waals surface area contributed by atoms with E-state index < -0.39 is 83.6 Å². The molecule has 2 fully saturated rings. The van der Waals surface area contributed by atoms with Gasteiger partial charge in [0, 0.05) is 47.2 Å². The average Bonchev–Trinajstić information content (AvgIpc) is 3.92. The van der Waals surface area contributed by atoms with E-state index in [0.717, 1.165) is 35.1 Å². The molecule has 2 aliphatic carbocycles. The molecular formula is C60H84FN5O10. The zero-order valence-corrected chi connectivity index (χ0v) is 47.3. The van der Waals surface area contributed by atoms with Crippen molar-refractivity contribution in [3.8, 4) is 11.1 Å². The second-order valence-corrected chi connectivity index (χ2v) is 23.3. The van der Waals surface area contributed by atoms with Crippen LogP contribution in [0.15, 0.2) is 72.8 Å². The molecule has 0 aromatic heterocycles. The Morgan fingerprint density at radius 2 is 1.38 bits per heavy atom. The Labute approximate surface area is 450 Å². The van der Waals surface area contributed by atoms with E-state index >= 15 is 0 Å². The SMILES string of the molecule is CC[C@H](C)[C@@H]([C@@H](CC(=O)N1CC2(CC2)C[C@H]1[C@H](OC)[C@@H](C)C(=O)NC(Cc1ccccc1F)C(=O)OC(C)(C)C)OC)N(C)C(=O)[C@@H](NC(=O)[C@H](C(C)C)N(C)C(=O)OCC1c2ccccc2-c2ccccc21)C(C)C. The van der Waals surface area contributed by atoms with Crippen molar-refractivity contribution < 1.29 is 52.1 Å². The summed E-state index contributed by atoms with van der Waals surface area (Å²) in [6.45, 7) is 18.8. The maximum absolute atomic E-state index is 14.9. The number of methoxy groups -OCH3 is 2.